The summed E-state index contributed by atoms with van der Waals surface area (Å²) in [6, 6.07) is 15.5. The van der Waals surface area contributed by atoms with E-state index < -0.39 is 6.29 Å². The number of nitrogens with one attached hydrogen (secondary N) is 1. The third-order valence-corrected chi connectivity index (χ3v) is 4.96. The van der Waals surface area contributed by atoms with Crippen molar-refractivity contribution in [3.05, 3.63) is 48.5 Å². The lowest BCUT2D eigenvalue weighted by atomic mass is 10.2. The quantitative estimate of drug-likeness (QED) is 0.727. The number of aliphatic imine (C=N–C) groups is 2. The Hall–Kier alpha value is -3.17. The summed E-state index contributed by atoms with van der Waals surface area (Å²) >= 11 is 0. The third-order valence-electron chi connectivity index (χ3n) is 4.96. The molecule has 0 bridgehead atoms. The molecule has 0 saturated carbocycles. The van der Waals surface area contributed by atoms with Crippen molar-refractivity contribution in [2.24, 2.45) is 15.7 Å². The number of anilines is 2. The van der Waals surface area contributed by atoms with Crippen LogP contribution < -0.4 is 25.4 Å². The highest BCUT2D eigenvalue weighted by Gasteiger charge is 2.32. The molecule has 10 heteroatoms. The van der Waals surface area contributed by atoms with Crippen LogP contribution in [0, 0.1) is 0 Å². The van der Waals surface area contributed by atoms with Crippen molar-refractivity contribution in [1.82, 2.24) is 4.90 Å². The number of morpholine rings is 1. The van der Waals surface area contributed by atoms with Gasteiger partial charge in [0.1, 0.15) is 11.5 Å². The summed E-state index contributed by atoms with van der Waals surface area (Å²) in [4.78, 5) is 13.3. The smallest absolute Gasteiger partial charge is 0.222 e. The first kappa shape index (κ1) is 22.5. The van der Waals surface area contributed by atoms with Crippen LogP contribution in [-0.4, -0.2) is 63.6 Å². The number of hydrogen-bond donors (Lipinski definition) is 2. The van der Waals surface area contributed by atoms with Crippen LogP contribution >= 0.6 is 12.4 Å². The topological polar surface area (TPSA) is 96.9 Å². The van der Waals surface area contributed by atoms with Crippen LogP contribution in [-0.2, 0) is 4.74 Å². The minimum atomic E-state index is -0.470. The van der Waals surface area contributed by atoms with E-state index in [1.165, 1.54) is 0 Å². The van der Waals surface area contributed by atoms with Crippen molar-refractivity contribution in [2.45, 2.75) is 6.29 Å². The lowest BCUT2D eigenvalue weighted by molar-refractivity contribution is 0.0671. The summed E-state index contributed by atoms with van der Waals surface area (Å²) in [5.74, 6) is 2.53. The predicted molar refractivity (Wildman–Crippen MR) is 125 cm³/mol. The number of halogens is 1. The SMILES string of the molecule is COc1ccc(NC2N=C(N)N=C(N3CCOCC3)N2c2ccc(OC)cc2)cc1.Cl. The van der Waals surface area contributed by atoms with E-state index in [1.807, 2.05) is 53.4 Å². The Morgan fingerprint density at radius 3 is 2.13 bits per heavy atom. The number of guanidine groups is 2. The number of rotatable bonds is 5. The fourth-order valence-electron chi connectivity index (χ4n) is 3.40. The molecule has 1 unspecified atom stereocenters. The predicted octanol–water partition coefficient (Wildman–Crippen LogP) is 2.34. The van der Waals surface area contributed by atoms with Gasteiger partial charge in [0.15, 0.2) is 0 Å². The molecule has 2 aliphatic rings. The van der Waals surface area contributed by atoms with E-state index in [2.05, 4.69) is 20.2 Å². The molecule has 0 spiro atoms. The summed E-state index contributed by atoms with van der Waals surface area (Å²) in [7, 11) is 3.29. The Bertz CT molecular complexity index is 914. The van der Waals surface area contributed by atoms with Crippen LogP contribution in [0.15, 0.2) is 58.5 Å². The Kier molecular flexibility index (Phi) is 7.43. The Balaban J connectivity index is 0.00000272. The van der Waals surface area contributed by atoms with Crippen molar-refractivity contribution in [3.63, 3.8) is 0 Å². The molecule has 166 valence electrons. The van der Waals surface area contributed by atoms with Crippen LogP contribution in [0.25, 0.3) is 0 Å². The molecule has 1 atom stereocenters. The molecule has 2 aromatic rings. The third kappa shape index (κ3) is 5.12. The van der Waals surface area contributed by atoms with Gasteiger partial charge in [0.2, 0.25) is 18.2 Å². The lowest BCUT2D eigenvalue weighted by Gasteiger charge is -2.41. The number of ether oxygens (including phenoxy) is 3. The molecular weight excluding hydrogens is 420 g/mol. The highest BCUT2D eigenvalue weighted by atomic mass is 35.5. The fourth-order valence-corrected chi connectivity index (χ4v) is 3.40. The highest BCUT2D eigenvalue weighted by molar-refractivity contribution is 6.06. The molecule has 31 heavy (non-hydrogen) atoms. The van der Waals surface area contributed by atoms with Gasteiger partial charge in [-0.25, -0.2) is 4.99 Å². The summed E-state index contributed by atoms with van der Waals surface area (Å²) < 4.78 is 16.1. The van der Waals surface area contributed by atoms with E-state index in [1.54, 1.807) is 14.2 Å². The maximum atomic E-state index is 6.11. The van der Waals surface area contributed by atoms with Gasteiger partial charge in [-0.2, -0.15) is 4.99 Å². The molecule has 0 aromatic heterocycles. The molecule has 0 radical (unpaired) electrons. The van der Waals surface area contributed by atoms with Crippen molar-refractivity contribution in [2.75, 3.05) is 50.7 Å². The average Bonchev–Trinajstić information content (AvgIpc) is 2.80. The molecule has 1 fully saturated rings. The zero-order valence-electron chi connectivity index (χ0n) is 17.5. The molecular formula is C21H27ClN6O3. The van der Waals surface area contributed by atoms with Crippen LogP contribution in [0.2, 0.25) is 0 Å². The Morgan fingerprint density at radius 2 is 1.55 bits per heavy atom. The van der Waals surface area contributed by atoms with E-state index >= 15 is 0 Å². The summed E-state index contributed by atoms with van der Waals surface area (Å²) in [5, 5.41) is 3.44. The first-order chi connectivity index (χ1) is 14.7. The first-order valence-electron chi connectivity index (χ1n) is 9.76. The number of nitrogens with zero attached hydrogens (tertiary/aromatic N) is 4. The van der Waals surface area contributed by atoms with E-state index in [0.29, 0.717) is 13.2 Å². The second-order valence-corrected chi connectivity index (χ2v) is 6.81. The van der Waals surface area contributed by atoms with Crippen molar-refractivity contribution in [1.29, 1.82) is 0 Å². The van der Waals surface area contributed by atoms with Gasteiger partial charge < -0.3 is 30.2 Å². The van der Waals surface area contributed by atoms with Gasteiger partial charge in [-0.1, -0.05) is 0 Å². The highest BCUT2D eigenvalue weighted by Crippen LogP contribution is 2.27. The zero-order chi connectivity index (χ0) is 20.9. The first-order valence-corrected chi connectivity index (χ1v) is 9.76. The minimum absolute atomic E-state index is 0. The Morgan fingerprint density at radius 1 is 0.968 bits per heavy atom. The molecule has 3 N–H and O–H groups in total. The lowest BCUT2D eigenvalue weighted by Crippen LogP contribution is -2.57. The zero-order valence-corrected chi connectivity index (χ0v) is 18.3. The van der Waals surface area contributed by atoms with Crippen molar-refractivity contribution >= 4 is 35.7 Å². The van der Waals surface area contributed by atoms with Crippen LogP contribution in [0.3, 0.4) is 0 Å². The minimum Gasteiger partial charge on any atom is -0.497 e. The second-order valence-electron chi connectivity index (χ2n) is 6.81. The standard InChI is InChI=1S/C21H26N6O3.ClH/c1-28-17-7-3-15(4-8-17)23-20-24-19(22)25-21(26-11-13-30-14-12-26)27(20)16-5-9-18(29-2)10-6-16;/h3-10,20,23H,11-14H2,1-2H3,(H2,22,24);1H. The number of nitrogens with two attached hydrogens (primary N) is 1. The normalized spacial score (nSPS) is 18.5. The number of benzene rings is 2. The largest absolute Gasteiger partial charge is 0.497 e. The molecule has 4 rings (SSSR count). The molecule has 2 aromatic carbocycles. The molecule has 2 aliphatic heterocycles. The van der Waals surface area contributed by atoms with Crippen LogP contribution in [0.1, 0.15) is 0 Å². The molecule has 0 aliphatic carbocycles. The van der Waals surface area contributed by atoms with Gasteiger partial charge in [0.25, 0.3) is 0 Å². The van der Waals surface area contributed by atoms with Crippen LogP contribution in [0.5, 0.6) is 11.5 Å². The molecule has 2 heterocycles. The van der Waals surface area contributed by atoms with Gasteiger partial charge >= 0.3 is 0 Å². The van der Waals surface area contributed by atoms with Gasteiger partial charge in [-0.05, 0) is 48.5 Å². The molecule has 1 saturated heterocycles. The van der Waals surface area contributed by atoms with Gasteiger partial charge in [0.05, 0.1) is 27.4 Å². The molecule has 9 nitrogen and oxygen atoms in total. The van der Waals surface area contributed by atoms with Crippen molar-refractivity contribution in [3.8, 4) is 11.5 Å². The second kappa shape index (κ2) is 10.2. The van der Waals surface area contributed by atoms with Gasteiger partial charge in [-0.15, -0.1) is 12.4 Å². The van der Waals surface area contributed by atoms with E-state index in [4.69, 9.17) is 19.9 Å². The number of methoxy groups -OCH3 is 2. The summed E-state index contributed by atoms with van der Waals surface area (Å²) in [5.41, 5.74) is 7.91. The number of hydrogen-bond acceptors (Lipinski definition) is 9. The van der Waals surface area contributed by atoms with Gasteiger partial charge in [0, 0.05) is 24.5 Å². The van der Waals surface area contributed by atoms with E-state index in [0.717, 1.165) is 41.9 Å². The Labute approximate surface area is 187 Å². The maximum absolute atomic E-state index is 6.11. The van der Waals surface area contributed by atoms with Gasteiger partial charge in [-0.3, -0.25) is 4.90 Å². The monoisotopic (exact) mass is 446 g/mol. The maximum Gasteiger partial charge on any atom is 0.222 e. The summed E-state index contributed by atoms with van der Waals surface area (Å²) in [6.07, 6.45) is -0.470. The van der Waals surface area contributed by atoms with Crippen molar-refractivity contribution < 1.29 is 14.2 Å². The van der Waals surface area contributed by atoms with E-state index in [9.17, 15) is 0 Å². The van der Waals surface area contributed by atoms with Crippen LogP contribution in [0.4, 0.5) is 11.4 Å². The fraction of sp³-hybridized carbons (Fsp3) is 0.333. The summed E-state index contributed by atoms with van der Waals surface area (Å²) in [6.45, 7) is 2.74. The molecule has 0 amide bonds. The average molecular weight is 447 g/mol. The van der Waals surface area contributed by atoms with E-state index in [-0.39, 0.29) is 18.4 Å².